The lowest BCUT2D eigenvalue weighted by atomic mass is 9.96. The molecule has 160 valence electrons. The number of aryl methyl sites for hydroxylation is 1. The second-order valence-electron chi connectivity index (χ2n) is 6.37. The molecular formula is C16H16F8O3S. The molecule has 1 heterocycles. The summed E-state index contributed by atoms with van der Waals surface area (Å²) in [7, 11) is -10.2. The first-order valence-electron chi connectivity index (χ1n) is 8.03. The fourth-order valence-corrected chi connectivity index (χ4v) is 3.46. The highest BCUT2D eigenvalue weighted by molar-refractivity contribution is 8.45. The van der Waals surface area contributed by atoms with Crippen LogP contribution in [0.5, 0.6) is 5.75 Å². The number of alkyl halides is 3. The zero-order chi connectivity index (χ0) is 21.6. The van der Waals surface area contributed by atoms with Crippen LogP contribution in [0.25, 0.3) is 6.08 Å². The van der Waals surface area contributed by atoms with E-state index in [4.69, 9.17) is 9.84 Å². The molecule has 0 radical (unpaired) electrons. The average molecular weight is 440 g/mol. The summed E-state index contributed by atoms with van der Waals surface area (Å²) in [6, 6.07) is 0.0127. The minimum absolute atomic E-state index is 0.0737. The lowest BCUT2D eigenvalue weighted by Gasteiger charge is -2.41. The number of rotatable bonds is 6. The Labute approximate surface area is 154 Å². The molecule has 0 saturated carbocycles. The van der Waals surface area contributed by atoms with Crippen molar-refractivity contribution in [2.75, 3.05) is 0 Å². The Kier molecular flexibility index (Phi) is 4.99. The third-order valence-electron chi connectivity index (χ3n) is 4.04. The van der Waals surface area contributed by atoms with E-state index in [2.05, 4.69) is 0 Å². The molecule has 3 nitrogen and oxygen atoms in total. The van der Waals surface area contributed by atoms with Gasteiger partial charge in [0.25, 0.3) is 0 Å². The standard InChI is InChI=1S/C16H16F8O3S/c1-2-3-4-5-9-6-11(28(20,21,22,23)24)7-10-8-12(15(25)26)14(16(17,18)19)27-13(9)10/h6-8,14H,2-5H2,1H3,(H,25,26). The van der Waals surface area contributed by atoms with Crippen LogP contribution in [-0.2, 0) is 11.2 Å². The summed E-state index contributed by atoms with van der Waals surface area (Å²) < 4.78 is 110. The topological polar surface area (TPSA) is 46.5 Å². The summed E-state index contributed by atoms with van der Waals surface area (Å²) in [5, 5.41) is 8.96. The van der Waals surface area contributed by atoms with Crippen molar-refractivity contribution >= 4 is 22.3 Å². The van der Waals surface area contributed by atoms with Gasteiger partial charge < -0.3 is 9.84 Å². The third kappa shape index (κ3) is 4.89. The van der Waals surface area contributed by atoms with E-state index >= 15 is 0 Å². The van der Waals surface area contributed by atoms with E-state index in [9.17, 15) is 37.4 Å². The number of benzene rings is 1. The molecule has 12 heteroatoms. The molecule has 0 aromatic heterocycles. The van der Waals surface area contributed by atoms with E-state index in [-0.39, 0.29) is 25.0 Å². The quantitative estimate of drug-likeness (QED) is 0.388. The summed E-state index contributed by atoms with van der Waals surface area (Å²) in [4.78, 5) is 8.81. The van der Waals surface area contributed by atoms with Gasteiger partial charge in [0.05, 0.1) is 5.57 Å². The van der Waals surface area contributed by atoms with E-state index in [1.807, 2.05) is 0 Å². The molecular weight excluding hydrogens is 424 g/mol. The van der Waals surface area contributed by atoms with Crippen LogP contribution in [0.1, 0.15) is 37.3 Å². The van der Waals surface area contributed by atoms with Gasteiger partial charge in [0.2, 0.25) is 6.10 Å². The molecule has 1 atom stereocenters. The fraction of sp³-hybridized carbons (Fsp3) is 0.438. The number of hydrogen-bond donors (Lipinski definition) is 1. The normalized spacial score (nSPS) is 19.8. The second kappa shape index (κ2) is 6.26. The summed E-state index contributed by atoms with van der Waals surface area (Å²) in [5.41, 5.74) is -2.65. The van der Waals surface area contributed by atoms with Crippen molar-refractivity contribution in [2.45, 2.75) is 49.8 Å². The summed E-state index contributed by atoms with van der Waals surface area (Å²) in [6.07, 6.45) is -6.68. The lowest BCUT2D eigenvalue weighted by Crippen LogP contribution is -2.40. The van der Waals surface area contributed by atoms with Crippen molar-refractivity contribution in [3.8, 4) is 5.75 Å². The first kappa shape index (κ1) is 22.3. The van der Waals surface area contributed by atoms with E-state index in [0.29, 0.717) is 18.9 Å². The van der Waals surface area contributed by atoms with Crippen LogP contribution >= 0.6 is 10.2 Å². The average Bonchev–Trinajstić information content (AvgIpc) is 2.50. The van der Waals surface area contributed by atoms with Gasteiger partial charge in [0, 0.05) is 5.56 Å². The number of carboxylic acids is 1. The minimum Gasteiger partial charge on any atom is -0.478 e. The molecule has 0 bridgehead atoms. The van der Waals surface area contributed by atoms with Crippen molar-refractivity contribution in [3.63, 3.8) is 0 Å². The highest BCUT2D eigenvalue weighted by Gasteiger charge is 2.65. The Morgan fingerprint density at radius 1 is 1.14 bits per heavy atom. The molecule has 1 aromatic carbocycles. The Balaban J connectivity index is 2.73. The maximum Gasteiger partial charge on any atom is 0.430 e. The predicted octanol–water partition coefficient (Wildman–Crippen LogP) is 6.87. The lowest BCUT2D eigenvalue weighted by molar-refractivity contribution is -0.187. The van der Waals surface area contributed by atoms with Crippen molar-refractivity contribution < 1.29 is 47.2 Å². The molecule has 0 saturated heterocycles. The van der Waals surface area contributed by atoms with Crippen LogP contribution in [0.4, 0.5) is 32.6 Å². The number of carboxylic acid groups (broad SMARTS) is 1. The molecule has 1 aromatic rings. The maximum atomic E-state index is 13.2. The van der Waals surface area contributed by atoms with Gasteiger partial charge in [-0.1, -0.05) is 39.2 Å². The number of halogens is 8. The largest absolute Gasteiger partial charge is 0.478 e. The van der Waals surface area contributed by atoms with Gasteiger partial charge >= 0.3 is 22.4 Å². The summed E-state index contributed by atoms with van der Waals surface area (Å²) in [6.45, 7) is 1.76. The highest BCUT2D eigenvalue weighted by atomic mass is 32.5. The van der Waals surface area contributed by atoms with Crippen LogP contribution in [0.2, 0.25) is 0 Å². The van der Waals surface area contributed by atoms with Crippen molar-refractivity contribution in [1.82, 2.24) is 0 Å². The Bertz CT molecular complexity index is 827. The van der Waals surface area contributed by atoms with Crippen LogP contribution in [0.3, 0.4) is 0 Å². The van der Waals surface area contributed by atoms with Crippen molar-refractivity contribution in [2.24, 2.45) is 0 Å². The summed E-state index contributed by atoms with van der Waals surface area (Å²) in [5.74, 6) is -2.76. The number of aliphatic carboxylic acids is 1. The first-order valence-corrected chi connectivity index (χ1v) is 9.98. The second-order valence-corrected chi connectivity index (χ2v) is 8.78. The molecule has 1 aliphatic rings. The molecule has 1 aliphatic heterocycles. The zero-order valence-corrected chi connectivity index (χ0v) is 15.1. The van der Waals surface area contributed by atoms with E-state index < -0.39 is 55.8 Å². The summed E-state index contributed by atoms with van der Waals surface area (Å²) >= 11 is 0. The first-order chi connectivity index (χ1) is 12.4. The van der Waals surface area contributed by atoms with Gasteiger partial charge in [-0.05, 0) is 36.6 Å². The van der Waals surface area contributed by atoms with Gasteiger partial charge in [0.1, 0.15) is 10.6 Å². The van der Waals surface area contributed by atoms with Gasteiger partial charge in [0.15, 0.2) is 0 Å². The van der Waals surface area contributed by atoms with Gasteiger partial charge in [-0.2, -0.15) is 13.2 Å². The van der Waals surface area contributed by atoms with Crippen LogP contribution in [0.15, 0.2) is 22.6 Å². The van der Waals surface area contributed by atoms with Crippen LogP contribution in [0, 0.1) is 0 Å². The van der Waals surface area contributed by atoms with Crippen molar-refractivity contribution in [1.29, 1.82) is 0 Å². The SMILES string of the molecule is CCCCCc1cc(S(F)(F)(F)(F)F)cc2c1OC(C(F)(F)F)C(C(=O)O)=C2. The Morgan fingerprint density at radius 2 is 1.75 bits per heavy atom. The number of fused-ring (bicyclic) bond motifs is 1. The van der Waals surface area contributed by atoms with Crippen LogP contribution < -0.4 is 4.74 Å². The van der Waals surface area contributed by atoms with E-state index in [0.717, 1.165) is 0 Å². The molecule has 28 heavy (non-hydrogen) atoms. The van der Waals surface area contributed by atoms with Crippen molar-refractivity contribution in [3.05, 3.63) is 28.8 Å². The molecule has 1 N–H and O–H groups in total. The van der Waals surface area contributed by atoms with E-state index in [1.165, 1.54) is 0 Å². The molecule has 0 aliphatic carbocycles. The monoisotopic (exact) mass is 440 g/mol. The van der Waals surface area contributed by atoms with Gasteiger partial charge in [-0.25, -0.2) is 4.79 Å². The molecule has 2 rings (SSSR count). The molecule has 0 fully saturated rings. The molecule has 1 unspecified atom stereocenters. The van der Waals surface area contributed by atoms with Crippen LogP contribution in [-0.4, -0.2) is 23.4 Å². The number of hydrogen-bond acceptors (Lipinski definition) is 2. The predicted molar refractivity (Wildman–Crippen MR) is 87.2 cm³/mol. The Hall–Kier alpha value is -1.98. The Morgan fingerprint density at radius 3 is 2.21 bits per heavy atom. The highest BCUT2D eigenvalue weighted by Crippen LogP contribution is 3.02. The van der Waals surface area contributed by atoms with E-state index in [1.54, 1.807) is 6.92 Å². The fourth-order valence-electron chi connectivity index (χ4n) is 2.75. The maximum absolute atomic E-state index is 13.2. The molecule has 0 amide bonds. The number of carbonyl (C=O) groups is 1. The number of ether oxygens (including phenoxy) is 1. The minimum atomic E-state index is -10.2. The third-order valence-corrected chi connectivity index (χ3v) is 5.16. The van der Waals surface area contributed by atoms with Gasteiger partial charge in [-0.15, -0.1) is 0 Å². The molecule has 0 spiro atoms. The zero-order valence-electron chi connectivity index (χ0n) is 14.3. The smallest absolute Gasteiger partial charge is 0.430 e. The number of unbranched alkanes of at least 4 members (excludes halogenated alkanes) is 2. The van der Waals surface area contributed by atoms with Gasteiger partial charge in [-0.3, -0.25) is 0 Å².